The van der Waals surface area contributed by atoms with E-state index >= 15 is 0 Å². The number of rotatable bonds is 5. The van der Waals surface area contributed by atoms with Gasteiger partial charge in [-0.05, 0) is 24.3 Å². The summed E-state index contributed by atoms with van der Waals surface area (Å²) in [5, 5.41) is 0.549. The molecule has 2 rings (SSSR count). The number of nitrogens with zero attached hydrogens (tertiary/aromatic N) is 2. The van der Waals surface area contributed by atoms with Crippen LogP contribution in [0.2, 0.25) is 5.02 Å². The molecule has 0 saturated heterocycles. The van der Waals surface area contributed by atoms with Crippen molar-refractivity contribution in [2.24, 2.45) is 5.84 Å². The van der Waals surface area contributed by atoms with E-state index in [1.807, 2.05) is 43.3 Å². The number of benzene rings is 1. The first-order valence-corrected chi connectivity index (χ1v) is 6.50. The number of ether oxygens (including phenoxy) is 1. The van der Waals surface area contributed by atoms with Gasteiger partial charge in [-0.1, -0.05) is 17.7 Å². The summed E-state index contributed by atoms with van der Waals surface area (Å²) in [5.74, 6) is 6.64. The number of hydrazine groups is 1. The molecule has 0 saturated carbocycles. The smallest absolute Gasteiger partial charge is 0.140 e. The van der Waals surface area contributed by atoms with Crippen LogP contribution in [0.1, 0.15) is 5.69 Å². The lowest BCUT2D eigenvalue weighted by atomic mass is 10.3. The molecule has 5 nitrogen and oxygen atoms in total. The molecule has 106 valence electrons. The third-order valence-corrected chi connectivity index (χ3v) is 3.12. The molecule has 1 heterocycles. The van der Waals surface area contributed by atoms with Crippen LogP contribution in [-0.4, -0.2) is 19.1 Å². The van der Waals surface area contributed by atoms with E-state index < -0.39 is 0 Å². The number of hydrogen-bond donors (Lipinski definition) is 2. The highest BCUT2D eigenvalue weighted by Crippen LogP contribution is 2.22. The summed E-state index contributed by atoms with van der Waals surface area (Å²) < 4.78 is 5.72. The number of hydrogen-bond acceptors (Lipinski definition) is 5. The van der Waals surface area contributed by atoms with Gasteiger partial charge in [0.05, 0.1) is 10.7 Å². The third kappa shape index (κ3) is 3.53. The molecular formula is C14H17ClN4O. The molecule has 1 aromatic carbocycles. The number of nitrogens with two attached hydrogens (primary N) is 1. The van der Waals surface area contributed by atoms with Crippen molar-refractivity contribution in [1.82, 2.24) is 4.98 Å². The predicted octanol–water partition coefficient (Wildman–Crippen LogP) is 2.67. The summed E-state index contributed by atoms with van der Waals surface area (Å²) in [6.07, 6.45) is 0. The maximum Gasteiger partial charge on any atom is 0.140 e. The van der Waals surface area contributed by atoms with E-state index in [0.717, 1.165) is 11.4 Å². The number of halogens is 1. The summed E-state index contributed by atoms with van der Waals surface area (Å²) >= 11 is 6.08. The first-order valence-electron chi connectivity index (χ1n) is 6.12. The van der Waals surface area contributed by atoms with E-state index in [0.29, 0.717) is 16.5 Å². The Morgan fingerprint density at radius 1 is 1.30 bits per heavy atom. The van der Waals surface area contributed by atoms with E-state index in [-0.39, 0.29) is 6.61 Å². The van der Waals surface area contributed by atoms with Crippen LogP contribution in [0.3, 0.4) is 0 Å². The number of pyridine rings is 1. The van der Waals surface area contributed by atoms with Crippen LogP contribution in [0.5, 0.6) is 5.75 Å². The van der Waals surface area contributed by atoms with Gasteiger partial charge in [0.2, 0.25) is 0 Å². The highest BCUT2D eigenvalue weighted by Gasteiger charge is 2.05. The van der Waals surface area contributed by atoms with Crippen molar-refractivity contribution >= 4 is 23.1 Å². The second-order valence-corrected chi connectivity index (χ2v) is 4.86. The molecule has 6 heteroatoms. The lowest BCUT2D eigenvalue weighted by molar-refractivity contribution is 0.301. The maximum atomic E-state index is 6.08. The van der Waals surface area contributed by atoms with Gasteiger partial charge in [0, 0.05) is 25.8 Å². The maximum absolute atomic E-state index is 6.08. The Morgan fingerprint density at radius 3 is 2.80 bits per heavy atom. The third-order valence-electron chi connectivity index (χ3n) is 2.78. The van der Waals surface area contributed by atoms with Gasteiger partial charge in [-0.3, -0.25) is 0 Å². The Hall–Kier alpha value is -1.98. The van der Waals surface area contributed by atoms with Crippen molar-refractivity contribution in [2.75, 3.05) is 24.4 Å². The number of anilines is 2. The van der Waals surface area contributed by atoms with Gasteiger partial charge in [-0.15, -0.1) is 0 Å². The highest BCUT2D eigenvalue weighted by molar-refractivity contribution is 6.31. The van der Waals surface area contributed by atoms with Crippen molar-refractivity contribution in [3.63, 3.8) is 0 Å². The molecule has 2 aromatic rings. The van der Waals surface area contributed by atoms with Gasteiger partial charge in [0.25, 0.3) is 0 Å². The zero-order valence-corrected chi connectivity index (χ0v) is 12.2. The minimum atomic E-state index is 0.283. The van der Waals surface area contributed by atoms with Crippen molar-refractivity contribution < 1.29 is 4.74 Å². The summed E-state index contributed by atoms with van der Waals surface area (Å²) in [4.78, 5) is 6.27. The Labute approximate surface area is 123 Å². The lowest BCUT2D eigenvalue weighted by Crippen LogP contribution is -2.10. The molecule has 0 atom stereocenters. The Bertz CT molecular complexity index is 589. The average Bonchev–Trinajstić information content (AvgIpc) is 2.46. The number of aromatic nitrogens is 1. The predicted molar refractivity (Wildman–Crippen MR) is 82.2 cm³/mol. The monoisotopic (exact) mass is 292 g/mol. The Morgan fingerprint density at radius 2 is 2.10 bits per heavy atom. The first kappa shape index (κ1) is 14.4. The minimum Gasteiger partial charge on any atom is -0.487 e. The largest absolute Gasteiger partial charge is 0.487 e. The summed E-state index contributed by atoms with van der Waals surface area (Å²) in [6, 6.07) is 11.2. The topological polar surface area (TPSA) is 63.4 Å². The fourth-order valence-electron chi connectivity index (χ4n) is 1.67. The van der Waals surface area contributed by atoms with Crippen molar-refractivity contribution in [3.8, 4) is 5.75 Å². The van der Waals surface area contributed by atoms with Gasteiger partial charge >= 0.3 is 0 Å². The first-order chi connectivity index (χ1) is 9.60. The molecule has 0 spiro atoms. The van der Waals surface area contributed by atoms with Crippen LogP contribution >= 0.6 is 11.6 Å². The Balaban J connectivity index is 2.10. The minimum absolute atomic E-state index is 0.283. The second-order valence-electron chi connectivity index (χ2n) is 4.45. The number of nitrogen functional groups attached to an aromatic ring is 1. The van der Waals surface area contributed by atoms with Gasteiger partial charge in [-0.25, -0.2) is 10.8 Å². The number of nitrogens with one attached hydrogen (secondary N) is 1. The van der Waals surface area contributed by atoms with E-state index in [2.05, 4.69) is 10.4 Å². The van der Waals surface area contributed by atoms with Gasteiger partial charge < -0.3 is 15.1 Å². The zero-order valence-electron chi connectivity index (χ0n) is 11.4. The average molecular weight is 293 g/mol. The lowest BCUT2D eigenvalue weighted by Gasteiger charge is -2.14. The SMILES string of the molecule is CN(C)c1cccc(OCc2nc(NN)ccc2Cl)c1. The second kappa shape index (κ2) is 6.45. The molecule has 3 N–H and O–H groups in total. The van der Waals surface area contributed by atoms with Gasteiger partial charge in [-0.2, -0.15) is 0 Å². The standard InChI is InChI=1S/C14H17ClN4O/c1-19(2)10-4-3-5-11(8-10)20-9-13-12(15)6-7-14(17-13)18-16/h3-8H,9,16H2,1-2H3,(H,17,18). The Kier molecular flexibility index (Phi) is 4.65. The zero-order chi connectivity index (χ0) is 14.5. The quantitative estimate of drug-likeness (QED) is 0.655. The summed E-state index contributed by atoms with van der Waals surface area (Å²) in [6.45, 7) is 0.283. The molecule has 0 aliphatic carbocycles. The van der Waals surface area contributed by atoms with Crippen LogP contribution in [0.4, 0.5) is 11.5 Å². The molecule has 0 radical (unpaired) electrons. The molecular weight excluding hydrogens is 276 g/mol. The van der Waals surface area contributed by atoms with Crippen LogP contribution in [0.15, 0.2) is 36.4 Å². The van der Waals surface area contributed by atoms with Crippen molar-refractivity contribution in [2.45, 2.75) is 6.61 Å². The molecule has 20 heavy (non-hydrogen) atoms. The fraction of sp³-hybridized carbons (Fsp3) is 0.214. The fourth-order valence-corrected chi connectivity index (χ4v) is 1.83. The van der Waals surface area contributed by atoms with Crippen molar-refractivity contribution in [1.29, 1.82) is 0 Å². The summed E-state index contributed by atoms with van der Waals surface area (Å²) in [5.41, 5.74) is 4.19. The molecule has 0 aliphatic rings. The molecule has 1 aromatic heterocycles. The van der Waals surface area contributed by atoms with Gasteiger partial charge in [0.1, 0.15) is 18.2 Å². The van der Waals surface area contributed by atoms with Crippen LogP contribution in [0.25, 0.3) is 0 Å². The molecule has 0 bridgehead atoms. The molecule has 0 unspecified atom stereocenters. The van der Waals surface area contributed by atoms with E-state index in [4.69, 9.17) is 22.2 Å². The molecule has 0 fully saturated rings. The van der Waals surface area contributed by atoms with Crippen LogP contribution < -0.4 is 20.9 Å². The molecule has 0 aliphatic heterocycles. The van der Waals surface area contributed by atoms with Gasteiger partial charge in [0.15, 0.2) is 0 Å². The van der Waals surface area contributed by atoms with Crippen molar-refractivity contribution in [3.05, 3.63) is 47.1 Å². The van der Waals surface area contributed by atoms with Crippen LogP contribution in [-0.2, 0) is 6.61 Å². The summed E-state index contributed by atoms with van der Waals surface area (Å²) in [7, 11) is 3.96. The van der Waals surface area contributed by atoms with E-state index in [9.17, 15) is 0 Å². The van der Waals surface area contributed by atoms with E-state index in [1.54, 1.807) is 12.1 Å². The van der Waals surface area contributed by atoms with Crippen LogP contribution in [0, 0.1) is 0 Å². The molecule has 0 amide bonds. The normalized spacial score (nSPS) is 10.2. The highest BCUT2D eigenvalue weighted by atomic mass is 35.5. The van der Waals surface area contributed by atoms with E-state index in [1.165, 1.54) is 0 Å².